The molecule has 6 nitrogen and oxygen atoms in total. The zero-order chi connectivity index (χ0) is 21.1. The van der Waals surface area contributed by atoms with Crippen LogP contribution in [0.25, 0.3) is 11.0 Å². The summed E-state index contributed by atoms with van der Waals surface area (Å²) in [5.41, 5.74) is 2.60. The molecule has 2 heterocycles. The highest BCUT2D eigenvalue weighted by atomic mass is 35.5. The molecule has 1 fully saturated rings. The van der Waals surface area contributed by atoms with Crippen LogP contribution in [0.1, 0.15) is 24.2 Å². The highest BCUT2D eigenvalue weighted by Crippen LogP contribution is 2.30. The molecule has 2 N–H and O–H groups in total. The largest absolute Gasteiger partial charge is 0.497 e. The molecule has 1 saturated heterocycles. The summed E-state index contributed by atoms with van der Waals surface area (Å²) >= 11 is 0. The number of H-pyrrole nitrogens is 1. The van der Waals surface area contributed by atoms with Crippen LogP contribution in [0.15, 0.2) is 42.5 Å². The number of carbonyl (C=O) groups is 1. The van der Waals surface area contributed by atoms with Gasteiger partial charge in [0.05, 0.1) is 18.1 Å². The number of aromatic amines is 1. The fourth-order valence-electron chi connectivity index (χ4n) is 4.39. The van der Waals surface area contributed by atoms with Gasteiger partial charge in [-0.2, -0.15) is 0 Å². The van der Waals surface area contributed by atoms with Crippen LogP contribution in [0, 0.1) is 17.7 Å². The van der Waals surface area contributed by atoms with Crippen LogP contribution >= 0.6 is 12.4 Å². The van der Waals surface area contributed by atoms with Crippen molar-refractivity contribution in [2.75, 3.05) is 20.2 Å². The topological polar surface area (TPSA) is 78.4 Å². The SMILES string of the molecule is COc1ccc(CN2CC[C@@H](CC(=O)O)[C@@H](Cc3nc4ccc(F)cc4[nH]3)C2)cc1.Cl. The second kappa shape index (κ2) is 10.1. The maximum absolute atomic E-state index is 13.5. The number of nitrogens with zero attached hydrogens (tertiary/aromatic N) is 2. The van der Waals surface area contributed by atoms with E-state index in [9.17, 15) is 14.3 Å². The van der Waals surface area contributed by atoms with Crippen molar-refractivity contribution in [3.63, 3.8) is 0 Å². The molecule has 1 aromatic heterocycles. The third-order valence-corrected chi connectivity index (χ3v) is 5.93. The van der Waals surface area contributed by atoms with Crippen molar-refractivity contribution in [1.29, 1.82) is 0 Å². The molecule has 0 bridgehead atoms. The van der Waals surface area contributed by atoms with E-state index >= 15 is 0 Å². The minimum atomic E-state index is -0.764. The van der Waals surface area contributed by atoms with Crippen LogP contribution in [0.3, 0.4) is 0 Å². The van der Waals surface area contributed by atoms with E-state index < -0.39 is 5.97 Å². The van der Waals surface area contributed by atoms with Gasteiger partial charge < -0.3 is 14.8 Å². The molecule has 4 rings (SSSR count). The Kier molecular flexibility index (Phi) is 7.51. The van der Waals surface area contributed by atoms with E-state index in [1.54, 1.807) is 13.2 Å². The first-order valence-electron chi connectivity index (χ1n) is 10.2. The Morgan fingerprint density at radius 3 is 2.74 bits per heavy atom. The van der Waals surface area contributed by atoms with Gasteiger partial charge in [0, 0.05) is 25.9 Å². The number of fused-ring (bicyclic) bond motifs is 1. The van der Waals surface area contributed by atoms with Gasteiger partial charge in [-0.15, -0.1) is 12.4 Å². The number of hydrogen-bond donors (Lipinski definition) is 2. The Morgan fingerprint density at radius 2 is 2.03 bits per heavy atom. The zero-order valence-electron chi connectivity index (χ0n) is 17.4. The lowest BCUT2D eigenvalue weighted by Gasteiger charge is -2.38. The standard InChI is InChI=1S/C23H26FN3O3.ClH/c1-30-19-5-2-15(3-6-19)13-27-9-8-16(11-23(28)29)17(14-27)10-22-25-20-7-4-18(24)12-21(20)26-22;/h2-7,12,16-17H,8-11,13-14H2,1H3,(H,25,26)(H,28,29);1H/t16-,17-;/m0./s1. The predicted molar refractivity (Wildman–Crippen MR) is 119 cm³/mol. The Bertz CT molecular complexity index is 1020. The van der Waals surface area contributed by atoms with Crippen LogP contribution < -0.4 is 4.74 Å². The lowest BCUT2D eigenvalue weighted by Crippen LogP contribution is -2.41. The molecule has 0 aliphatic carbocycles. The van der Waals surface area contributed by atoms with Gasteiger partial charge >= 0.3 is 5.97 Å². The first-order chi connectivity index (χ1) is 14.5. The Hall–Kier alpha value is -2.64. The number of piperidine rings is 1. The molecule has 31 heavy (non-hydrogen) atoms. The number of hydrogen-bond acceptors (Lipinski definition) is 4. The summed E-state index contributed by atoms with van der Waals surface area (Å²) < 4.78 is 18.7. The van der Waals surface area contributed by atoms with Crippen molar-refractivity contribution in [3.05, 3.63) is 59.7 Å². The summed E-state index contributed by atoms with van der Waals surface area (Å²) in [6.07, 6.45) is 1.64. The number of rotatable bonds is 7. The zero-order valence-corrected chi connectivity index (χ0v) is 18.2. The van der Waals surface area contributed by atoms with Gasteiger partial charge in [0.2, 0.25) is 0 Å². The number of likely N-dealkylation sites (tertiary alicyclic amines) is 1. The van der Waals surface area contributed by atoms with Gasteiger partial charge in [0.25, 0.3) is 0 Å². The molecule has 3 aromatic rings. The number of aromatic nitrogens is 2. The van der Waals surface area contributed by atoms with E-state index in [1.807, 2.05) is 12.1 Å². The molecule has 8 heteroatoms. The number of imidazole rings is 1. The van der Waals surface area contributed by atoms with Gasteiger partial charge in [-0.25, -0.2) is 9.37 Å². The van der Waals surface area contributed by atoms with Crippen molar-refractivity contribution in [1.82, 2.24) is 14.9 Å². The number of carboxylic acids is 1. The fraction of sp³-hybridized carbons (Fsp3) is 0.391. The van der Waals surface area contributed by atoms with E-state index in [4.69, 9.17) is 4.74 Å². The number of benzene rings is 2. The third kappa shape index (κ3) is 5.74. The van der Waals surface area contributed by atoms with E-state index in [0.717, 1.165) is 43.1 Å². The van der Waals surface area contributed by atoms with Gasteiger partial charge in [-0.05, 0) is 60.7 Å². The number of nitrogens with one attached hydrogen (secondary N) is 1. The van der Waals surface area contributed by atoms with E-state index in [2.05, 4.69) is 27.0 Å². The van der Waals surface area contributed by atoms with E-state index in [-0.39, 0.29) is 36.5 Å². The molecule has 0 saturated carbocycles. The molecular formula is C23H27ClFN3O3. The highest BCUT2D eigenvalue weighted by Gasteiger charge is 2.31. The summed E-state index contributed by atoms with van der Waals surface area (Å²) in [6, 6.07) is 12.5. The lowest BCUT2D eigenvalue weighted by molar-refractivity contribution is -0.139. The van der Waals surface area contributed by atoms with Crippen molar-refractivity contribution in [2.24, 2.45) is 11.8 Å². The Labute approximate surface area is 186 Å². The minimum absolute atomic E-state index is 0. The van der Waals surface area contributed by atoms with Crippen molar-refractivity contribution < 1.29 is 19.0 Å². The molecule has 2 atom stereocenters. The molecule has 2 aromatic carbocycles. The Balaban J connectivity index is 0.00000272. The van der Waals surface area contributed by atoms with Crippen LogP contribution in [-0.4, -0.2) is 46.1 Å². The van der Waals surface area contributed by atoms with Crippen molar-refractivity contribution in [2.45, 2.75) is 25.8 Å². The predicted octanol–water partition coefficient (Wildman–Crippen LogP) is 4.29. The second-order valence-electron chi connectivity index (χ2n) is 8.04. The van der Waals surface area contributed by atoms with Gasteiger partial charge in [-0.1, -0.05) is 12.1 Å². The van der Waals surface area contributed by atoms with E-state index in [0.29, 0.717) is 11.9 Å². The maximum Gasteiger partial charge on any atom is 0.303 e. The van der Waals surface area contributed by atoms with Crippen LogP contribution in [-0.2, 0) is 17.8 Å². The second-order valence-corrected chi connectivity index (χ2v) is 8.04. The summed E-state index contributed by atoms with van der Waals surface area (Å²) in [6.45, 7) is 2.48. The van der Waals surface area contributed by atoms with Crippen LogP contribution in [0.2, 0.25) is 0 Å². The van der Waals surface area contributed by atoms with Crippen LogP contribution in [0.5, 0.6) is 5.75 Å². The maximum atomic E-state index is 13.5. The third-order valence-electron chi connectivity index (χ3n) is 5.93. The minimum Gasteiger partial charge on any atom is -0.497 e. The Morgan fingerprint density at radius 1 is 1.26 bits per heavy atom. The molecule has 166 valence electrons. The quantitative estimate of drug-likeness (QED) is 0.565. The summed E-state index contributed by atoms with van der Waals surface area (Å²) in [7, 11) is 1.65. The van der Waals surface area contributed by atoms with Gasteiger partial charge in [0.15, 0.2) is 0 Å². The molecule has 0 unspecified atom stereocenters. The summed E-state index contributed by atoms with van der Waals surface area (Å²) in [4.78, 5) is 21.5. The van der Waals surface area contributed by atoms with Crippen molar-refractivity contribution >= 4 is 29.4 Å². The molecular weight excluding hydrogens is 421 g/mol. The molecule has 0 amide bonds. The number of carboxylic acid groups (broad SMARTS) is 1. The smallest absolute Gasteiger partial charge is 0.303 e. The van der Waals surface area contributed by atoms with Gasteiger partial charge in [0.1, 0.15) is 17.4 Å². The van der Waals surface area contributed by atoms with Crippen LogP contribution in [0.4, 0.5) is 4.39 Å². The summed E-state index contributed by atoms with van der Waals surface area (Å²) in [5.74, 6) is 0.809. The first kappa shape index (κ1) is 23.0. The average Bonchev–Trinajstić information content (AvgIpc) is 3.11. The lowest BCUT2D eigenvalue weighted by atomic mass is 9.81. The van der Waals surface area contributed by atoms with Crippen molar-refractivity contribution in [3.8, 4) is 5.75 Å². The molecule has 0 spiro atoms. The normalized spacial score (nSPS) is 19.2. The fourth-order valence-corrected chi connectivity index (χ4v) is 4.39. The number of halogens is 2. The first-order valence-corrected chi connectivity index (χ1v) is 10.2. The monoisotopic (exact) mass is 447 g/mol. The number of aliphatic carboxylic acids is 1. The highest BCUT2D eigenvalue weighted by molar-refractivity contribution is 5.85. The van der Waals surface area contributed by atoms with Gasteiger partial charge in [-0.3, -0.25) is 9.69 Å². The molecule has 1 aliphatic rings. The van der Waals surface area contributed by atoms with E-state index in [1.165, 1.54) is 17.7 Å². The molecule has 1 aliphatic heterocycles. The number of ether oxygens (including phenoxy) is 1. The molecule has 0 radical (unpaired) electrons. The average molecular weight is 448 g/mol. The summed E-state index contributed by atoms with van der Waals surface area (Å²) in [5, 5.41) is 9.35. The number of methoxy groups -OCH3 is 1.